The largest absolute Gasteiger partial charge is 0.504 e. The Morgan fingerprint density at radius 1 is 1.19 bits per heavy atom. The first-order valence-corrected chi connectivity index (χ1v) is 11.7. The van der Waals surface area contributed by atoms with Crippen LogP contribution in [0.1, 0.15) is 38.2 Å². The molecule has 0 radical (unpaired) electrons. The van der Waals surface area contributed by atoms with Crippen LogP contribution in [0.4, 0.5) is 10.1 Å². The van der Waals surface area contributed by atoms with Crippen molar-refractivity contribution in [1.29, 1.82) is 0 Å². The number of aryl methyl sites for hydroxylation is 1. The average Bonchev–Trinajstić information content (AvgIpc) is 2.77. The van der Waals surface area contributed by atoms with Crippen LogP contribution < -0.4 is 5.32 Å². The van der Waals surface area contributed by atoms with Gasteiger partial charge in [0.05, 0.1) is 10.5 Å². The van der Waals surface area contributed by atoms with Gasteiger partial charge in [-0.1, -0.05) is 31.0 Å². The summed E-state index contributed by atoms with van der Waals surface area (Å²) < 4.78 is 14.1. The van der Waals surface area contributed by atoms with E-state index in [4.69, 9.17) is 11.6 Å². The van der Waals surface area contributed by atoms with Crippen LogP contribution in [0.5, 0.6) is 5.75 Å². The zero-order valence-corrected chi connectivity index (χ0v) is 19.7. The number of rotatable bonds is 6. The standard InChI is InChI=1S/C26H31ClFN3O/c1-4-17-14-29-24-9-8-18(19-12-22(27)26(32)23(28)13-19)11-21(24)25(17)30-20-7-5-6-16(10-20)15-31(2)3/h8-9,11-14,16,20,32H,4-7,10,15H2,1-3H3,(H,29,30)/t16-,20+/m1/s1. The molecule has 2 N–H and O–H groups in total. The number of phenols is 1. The highest BCUT2D eigenvalue weighted by molar-refractivity contribution is 6.32. The van der Waals surface area contributed by atoms with E-state index in [1.165, 1.54) is 24.5 Å². The van der Waals surface area contributed by atoms with E-state index in [0.717, 1.165) is 48.0 Å². The quantitative estimate of drug-likeness (QED) is 0.445. The fourth-order valence-corrected chi connectivity index (χ4v) is 5.10. The van der Waals surface area contributed by atoms with Gasteiger partial charge >= 0.3 is 0 Å². The number of fused-ring (bicyclic) bond motifs is 1. The van der Waals surface area contributed by atoms with Gasteiger partial charge in [-0.2, -0.15) is 0 Å². The summed E-state index contributed by atoms with van der Waals surface area (Å²) in [6.07, 6.45) is 7.67. The first-order valence-electron chi connectivity index (χ1n) is 11.4. The van der Waals surface area contributed by atoms with Gasteiger partial charge in [0.1, 0.15) is 0 Å². The Kier molecular flexibility index (Phi) is 6.87. The second-order valence-corrected chi connectivity index (χ2v) is 9.58. The lowest BCUT2D eigenvalue weighted by atomic mass is 9.85. The Balaban J connectivity index is 1.72. The van der Waals surface area contributed by atoms with Crippen LogP contribution in [0.3, 0.4) is 0 Å². The Labute approximate surface area is 194 Å². The molecule has 2 atom stereocenters. The van der Waals surface area contributed by atoms with Gasteiger partial charge < -0.3 is 15.3 Å². The lowest BCUT2D eigenvalue weighted by Crippen LogP contribution is -2.32. The fraction of sp³-hybridized carbons (Fsp3) is 0.423. The highest BCUT2D eigenvalue weighted by Crippen LogP contribution is 2.36. The number of hydrogen-bond donors (Lipinski definition) is 2. The maximum absolute atomic E-state index is 14.1. The van der Waals surface area contributed by atoms with Gasteiger partial charge in [-0.15, -0.1) is 0 Å². The molecule has 1 aliphatic carbocycles. The highest BCUT2D eigenvalue weighted by Gasteiger charge is 2.24. The SMILES string of the molecule is CCc1cnc2ccc(-c3cc(F)c(O)c(Cl)c3)cc2c1N[C@H]1CCC[C@@H](CN(C)C)C1. The molecule has 0 bridgehead atoms. The molecule has 0 spiro atoms. The number of aromatic hydroxyl groups is 1. The van der Waals surface area contributed by atoms with Gasteiger partial charge in [0.2, 0.25) is 0 Å². The number of anilines is 1. The van der Waals surface area contributed by atoms with Crippen molar-refractivity contribution in [2.45, 2.75) is 45.1 Å². The first-order chi connectivity index (χ1) is 15.4. The molecule has 4 rings (SSSR count). The molecule has 3 aromatic rings. The van der Waals surface area contributed by atoms with Gasteiger partial charge in [-0.3, -0.25) is 4.98 Å². The summed E-state index contributed by atoms with van der Waals surface area (Å²) in [5, 5.41) is 14.6. The van der Waals surface area contributed by atoms with Crippen molar-refractivity contribution in [3.05, 3.63) is 52.9 Å². The van der Waals surface area contributed by atoms with Crippen molar-refractivity contribution in [1.82, 2.24) is 9.88 Å². The summed E-state index contributed by atoms with van der Waals surface area (Å²) in [4.78, 5) is 6.94. The topological polar surface area (TPSA) is 48.4 Å². The van der Waals surface area contributed by atoms with Crippen LogP contribution in [-0.4, -0.2) is 41.7 Å². The Bertz CT molecular complexity index is 1090. The number of pyridine rings is 1. The van der Waals surface area contributed by atoms with Crippen LogP contribution >= 0.6 is 11.6 Å². The van der Waals surface area contributed by atoms with Gasteiger partial charge in [0.15, 0.2) is 11.6 Å². The third-order valence-corrected chi connectivity index (χ3v) is 6.72. The van der Waals surface area contributed by atoms with Crippen molar-refractivity contribution in [2.24, 2.45) is 5.92 Å². The van der Waals surface area contributed by atoms with Crippen molar-refractivity contribution in [3.63, 3.8) is 0 Å². The normalized spacial score (nSPS) is 18.9. The van der Waals surface area contributed by atoms with E-state index in [-0.39, 0.29) is 5.02 Å². The lowest BCUT2D eigenvalue weighted by molar-refractivity contribution is 0.253. The maximum atomic E-state index is 14.1. The fourth-order valence-electron chi connectivity index (χ4n) is 4.89. The summed E-state index contributed by atoms with van der Waals surface area (Å²) in [5.41, 5.74) is 4.67. The minimum Gasteiger partial charge on any atom is -0.504 e. The van der Waals surface area contributed by atoms with Crippen molar-refractivity contribution < 1.29 is 9.50 Å². The Morgan fingerprint density at radius 3 is 2.72 bits per heavy atom. The molecule has 6 heteroatoms. The summed E-state index contributed by atoms with van der Waals surface area (Å²) >= 11 is 6.03. The van der Waals surface area contributed by atoms with Crippen LogP contribution in [0.2, 0.25) is 5.02 Å². The zero-order valence-electron chi connectivity index (χ0n) is 19.0. The third-order valence-electron chi connectivity index (χ3n) is 6.43. The van der Waals surface area contributed by atoms with Crippen LogP contribution in [0, 0.1) is 11.7 Å². The second-order valence-electron chi connectivity index (χ2n) is 9.17. The number of hydrogen-bond acceptors (Lipinski definition) is 4. The van der Waals surface area contributed by atoms with E-state index in [0.29, 0.717) is 17.5 Å². The molecule has 1 aliphatic rings. The number of nitrogens with zero attached hydrogens (tertiary/aromatic N) is 2. The number of phenolic OH excluding ortho intramolecular Hbond substituents is 1. The third kappa shape index (κ3) is 4.84. The minimum absolute atomic E-state index is 0.00742. The smallest absolute Gasteiger partial charge is 0.170 e. The van der Waals surface area contributed by atoms with E-state index in [9.17, 15) is 9.50 Å². The monoisotopic (exact) mass is 455 g/mol. The molecule has 1 fully saturated rings. The molecule has 170 valence electrons. The molecule has 1 saturated carbocycles. The van der Waals surface area contributed by atoms with Crippen molar-refractivity contribution in [2.75, 3.05) is 26.0 Å². The molecular formula is C26H31ClFN3O. The molecule has 2 aromatic carbocycles. The van der Waals surface area contributed by atoms with Gasteiger partial charge in [0.25, 0.3) is 0 Å². The predicted molar refractivity (Wildman–Crippen MR) is 131 cm³/mol. The molecule has 4 nitrogen and oxygen atoms in total. The molecule has 1 heterocycles. The summed E-state index contributed by atoms with van der Waals surface area (Å²) in [6, 6.07) is 9.27. The zero-order chi connectivity index (χ0) is 22.8. The van der Waals surface area contributed by atoms with Crippen LogP contribution in [-0.2, 0) is 6.42 Å². The lowest BCUT2D eigenvalue weighted by Gasteiger charge is -2.32. The number of halogens is 2. The van der Waals surface area contributed by atoms with Gasteiger partial charge in [-0.05, 0) is 86.7 Å². The summed E-state index contributed by atoms with van der Waals surface area (Å²) in [5.74, 6) is -0.536. The van der Waals surface area contributed by atoms with Crippen molar-refractivity contribution in [3.8, 4) is 16.9 Å². The van der Waals surface area contributed by atoms with Gasteiger partial charge in [0, 0.05) is 29.9 Å². The van der Waals surface area contributed by atoms with E-state index in [2.05, 4.69) is 36.2 Å². The second kappa shape index (κ2) is 9.63. The van der Waals surface area contributed by atoms with E-state index >= 15 is 0 Å². The predicted octanol–water partition coefficient (Wildman–Crippen LogP) is 6.49. The van der Waals surface area contributed by atoms with Gasteiger partial charge in [-0.25, -0.2) is 4.39 Å². The number of nitrogens with one attached hydrogen (secondary N) is 1. The number of benzene rings is 2. The Morgan fingerprint density at radius 2 is 2.00 bits per heavy atom. The molecule has 32 heavy (non-hydrogen) atoms. The van der Waals surface area contributed by atoms with E-state index < -0.39 is 11.6 Å². The molecule has 0 unspecified atom stereocenters. The van der Waals surface area contributed by atoms with Crippen LogP contribution in [0.15, 0.2) is 36.5 Å². The minimum atomic E-state index is -0.722. The molecule has 0 aliphatic heterocycles. The average molecular weight is 456 g/mol. The first kappa shape index (κ1) is 22.8. The highest BCUT2D eigenvalue weighted by atomic mass is 35.5. The van der Waals surface area contributed by atoms with E-state index in [1.54, 1.807) is 6.07 Å². The summed E-state index contributed by atoms with van der Waals surface area (Å²) in [7, 11) is 4.28. The van der Waals surface area contributed by atoms with E-state index in [1.807, 2.05) is 24.4 Å². The van der Waals surface area contributed by atoms with Crippen LogP contribution in [0.25, 0.3) is 22.0 Å². The number of aromatic nitrogens is 1. The maximum Gasteiger partial charge on any atom is 0.170 e. The molecule has 0 saturated heterocycles. The molecule has 1 aromatic heterocycles. The Hall–Kier alpha value is -2.37. The molecule has 0 amide bonds. The van der Waals surface area contributed by atoms with Crippen molar-refractivity contribution >= 4 is 28.2 Å². The summed E-state index contributed by atoms with van der Waals surface area (Å²) in [6.45, 7) is 3.26. The molecular weight excluding hydrogens is 425 g/mol.